The summed E-state index contributed by atoms with van der Waals surface area (Å²) in [5.41, 5.74) is 1.89. The number of nitrogens with zero attached hydrogens (tertiary/aromatic N) is 2. The van der Waals surface area contributed by atoms with Crippen molar-refractivity contribution in [2.75, 3.05) is 48.6 Å². The number of likely N-dealkylation sites (tertiary alicyclic amines) is 1. The first-order valence-electron chi connectivity index (χ1n) is 11.9. The van der Waals surface area contributed by atoms with Gasteiger partial charge < -0.3 is 28.7 Å². The fraction of sp³-hybridized carbons (Fsp3) is 0.481. The Balaban J connectivity index is 1.89. The number of hydrogen-bond donors (Lipinski definition) is 0. The third-order valence-electron chi connectivity index (χ3n) is 7.28. The van der Waals surface area contributed by atoms with Crippen LogP contribution in [0.4, 0.5) is 0 Å². The summed E-state index contributed by atoms with van der Waals surface area (Å²) >= 11 is 0. The number of hydrogen-bond acceptors (Lipinski definition) is 6. The quantitative estimate of drug-likeness (QED) is 0.622. The predicted octanol–water partition coefficient (Wildman–Crippen LogP) is 3.89. The van der Waals surface area contributed by atoms with E-state index in [2.05, 4.69) is 6.92 Å². The lowest BCUT2D eigenvalue weighted by Crippen LogP contribution is -2.48. The van der Waals surface area contributed by atoms with Gasteiger partial charge in [0.1, 0.15) is 0 Å². The van der Waals surface area contributed by atoms with Gasteiger partial charge in [-0.05, 0) is 54.2 Å². The molecule has 1 fully saturated rings. The highest BCUT2D eigenvalue weighted by Crippen LogP contribution is 2.47. The van der Waals surface area contributed by atoms with E-state index in [0.29, 0.717) is 53.1 Å². The minimum Gasteiger partial charge on any atom is -0.493 e. The maximum Gasteiger partial charge on any atom is 0.254 e. The third-order valence-corrected chi connectivity index (χ3v) is 7.28. The summed E-state index contributed by atoms with van der Waals surface area (Å²) in [6.07, 6.45) is 1.93. The fourth-order valence-corrected chi connectivity index (χ4v) is 5.19. The second-order valence-corrected chi connectivity index (χ2v) is 9.26. The van der Waals surface area contributed by atoms with Crippen LogP contribution in [-0.4, -0.2) is 70.2 Å². The molecule has 0 spiro atoms. The van der Waals surface area contributed by atoms with E-state index in [1.54, 1.807) is 51.5 Å². The van der Waals surface area contributed by atoms with E-state index in [1.165, 1.54) is 7.11 Å². The fourth-order valence-electron chi connectivity index (χ4n) is 5.19. The Morgan fingerprint density at radius 3 is 2.03 bits per heavy atom. The molecule has 0 N–H and O–H groups in total. The van der Waals surface area contributed by atoms with Crippen LogP contribution in [0, 0.1) is 5.92 Å². The molecule has 2 aromatic rings. The van der Waals surface area contributed by atoms with Crippen molar-refractivity contribution in [3.8, 4) is 23.0 Å². The maximum absolute atomic E-state index is 14.2. The first-order chi connectivity index (χ1) is 16.8. The predicted molar refractivity (Wildman–Crippen MR) is 132 cm³/mol. The Hall–Kier alpha value is -3.42. The van der Waals surface area contributed by atoms with Gasteiger partial charge in [0.15, 0.2) is 23.0 Å². The number of methoxy groups -OCH3 is 4. The Morgan fingerprint density at radius 1 is 0.857 bits per heavy atom. The largest absolute Gasteiger partial charge is 0.493 e. The van der Waals surface area contributed by atoms with Gasteiger partial charge in [-0.15, -0.1) is 0 Å². The summed E-state index contributed by atoms with van der Waals surface area (Å²) in [5.74, 6) is 1.87. The van der Waals surface area contributed by atoms with Gasteiger partial charge in [0.25, 0.3) is 5.91 Å². The van der Waals surface area contributed by atoms with E-state index in [0.717, 1.165) is 18.4 Å². The number of piperidine rings is 1. The summed E-state index contributed by atoms with van der Waals surface area (Å²) in [6, 6.07) is 8.47. The standard InChI is InChI=1S/C27H34N2O6/c1-16-9-11-29(12-10-16)27(31)24-18-14-22(34-5)23(35-6)15-19(18)26(30)28(2)25(24)17-7-8-20(32-3)21(13-17)33-4/h7-8,13-16,24-25H,9-12H2,1-6H3/t24-,25-/m1/s1. The van der Waals surface area contributed by atoms with E-state index in [-0.39, 0.29) is 11.8 Å². The average Bonchev–Trinajstić information content (AvgIpc) is 2.89. The highest BCUT2D eigenvalue weighted by molar-refractivity contribution is 6.02. The zero-order valence-electron chi connectivity index (χ0n) is 21.3. The number of benzene rings is 2. The van der Waals surface area contributed by atoms with Crippen molar-refractivity contribution in [3.63, 3.8) is 0 Å². The summed E-state index contributed by atoms with van der Waals surface area (Å²) in [4.78, 5) is 31.3. The number of fused-ring (bicyclic) bond motifs is 1. The molecule has 0 saturated carbocycles. The molecule has 2 aromatic carbocycles. The van der Waals surface area contributed by atoms with Gasteiger partial charge in [0, 0.05) is 25.7 Å². The number of carbonyl (C=O) groups excluding carboxylic acids is 2. The smallest absolute Gasteiger partial charge is 0.254 e. The van der Waals surface area contributed by atoms with Gasteiger partial charge in [-0.25, -0.2) is 0 Å². The van der Waals surface area contributed by atoms with Crippen molar-refractivity contribution in [1.82, 2.24) is 9.80 Å². The normalized spacial score (nSPS) is 20.3. The SMILES string of the molecule is COc1ccc([C@@H]2[C@H](C(=O)N3CCC(C)CC3)c3cc(OC)c(OC)cc3C(=O)N2C)cc1OC. The van der Waals surface area contributed by atoms with Crippen molar-refractivity contribution < 1.29 is 28.5 Å². The molecular weight excluding hydrogens is 448 g/mol. The number of amides is 2. The van der Waals surface area contributed by atoms with Gasteiger partial charge in [0.2, 0.25) is 5.91 Å². The van der Waals surface area contributed by atoms with E-state index in [9.17, 15) is 9.59 Å². The van der Waals surface area contributed by atoms with Crippen LogP contribution in [0.5, 0.6) is 23.0 Å². The first-order valence-corrected chi connectivity index (χ1v) is 11.9. The third kappa shape index (κ3) is 4.37. The second kappa shape index (κ2) is 10.1. The van der Waals surface area contributed by atoms with Crippen molar-refractivity contribution in [3.05, 3.63) is 47.0 Å². The highest BCUT2D eigenvalue weighted by atomic mass is 16.5. The molecule has 0 unspecified atom stereocenters. The lowest BCUT2D eigenvalue weighted by molar-refractivity contribution is -0.135. The van der Waals surface area contributed by atoms with Gasteiger partial charge >= 0.3 is 0 Å². The van der Waals surface area contributed by atoms with Crippen molar-refractivity contribution in [2.24, 2.45) is 5.92 Å². The molecule has 0 radical (unpaired) electrons. The molecule has 8 heteroatoms. The minimum absolute atomic E-state index is 0.00417. The molecule has 0 aliphatic carbocycles. The van der Waals surface area contributed by atoms with Crippen LogP contribution in [0.1, 0.15) is 53.2 Å². The molecule has 4 rings (SSSR count). The highest BCUT2D eigenvalue weighted by Gasteiger charge is 2.45. The molecule has 2 amide bonds. The van der Waals surface area contributed by atoms with E-state index >= 15 is 0 Å². The van der Waals surface area contributed by atoms with Gasteiger partial charge in [-0.3, -0.25) is 9.59 Å². The second-order valence-electron chi connectivity index (χ2n) is 9.26. The Kier molecular flexibility index (Phi) is 7.10. The summed E-state index contributed by atoms with van der Waals surface area (Å²) in [7, 11) is 7.97. The van der Waals surface area contributed by atoms with Crippen LogP contribution in [0.25, 0.3) is 0 Å². The lowest BCUT2D eigenvalue weighted by Gasteiger charge is -2.43. The van der Waals surface area contributed by atoms with Crippen LogP contribution >= 0.6 is 0 Å². The topological polar surface area (TPSA) is 77.5 Å². The van der Waals surface area contributed by atoms with Crippen LogP contribution in [0.2, 0.25) is 0 Å². The van der Waals surface area contributed by atoms with Crippen LogP contribution in [-0.2, 0) is 4.79 Å². The van der Waals surface area contributed by atoms with Crippen molar-refractivity contribution in [2.45, 2.75) is 31.7 Å². The Bertz CT molecular complexity index is 1110. The first kappa shape index (κ1) is 24.7. The number of ether oxygens (including phenoxy) is 4. The molecule has 2 aliphatic heterocycles. The molecular formula is C27H34N2O6. The summed E-state index contributed by atoms with van der Waals surface area (Å²) in [6.45, 7) is 3.62. The Morgan fingerprint density at radius 2 is 1.43 bits per heavy atom. The zero-order chi connectivity index (χ0) is 25.3. The molecule has 2 heterocycles. The monoisotopic (exact) mass is 482 g/mol. The van der Waals surface area contributed by atoms with Crippen LogP contribution in [0.15, 0.2) is 30.3 Å². The molecule has 0 aromatic heterocycles. The van der Waals surface area contributed by atoms with Crippen molar-refractivity contribution >= 4 is 11.8 Å². The average molecular weight is 483 g/mol. The number of likely N-dealkylation sites (N-methyl/N-ethyl adjacent to an activating group) is 1. The number of rotatable bonds is 6. The molecule has 35 heavy (non-hydrogen) atoms. The van der Waals surface area contributed by atoms with Crippen molar-refractivity contribution in [1.29, 1.82) is 0 Å². The van der Waals surface area contributed by atoms with Crippen LogP contribution < -0.4 is 18.9 Å². The summed E-state index contributed by atoms with van der Waals surface area (Å²) in [5, 5.41) is 0. The van der Waals surface area contributed by atoms with Gasteiger partial charge in [0.05, 0.1) is 40.4 Å². The summed E-state index contributed by atoms with van der Waals surface area (Å²) < 4.78 is 21.9. The minimum atomic E-state index is -0.612. The number of carbonyl (C=O) groups is 2. The maximum atomic E-state index is 14.2. The van der Waals surface area contributed by atoms with E-state index in [4.69, 9.17) is 18.9 Å². The molecule has 2 aliphatic rings. The van der Waals surface area contributed by atoms with E-state index in [1.807, 2.05) is 17.0 Å². The molecule has 188 valence electrons. The molecule has 1 saturated heterocycles. The van der Waals surface area contributed by atoms with Crippen LogP contribution in [0.3, 0.4) is 0 Å². The Labute approximate surface area is 206 Å². The zero-order valence-corrected chi connectivity index (χ0v) is 21.3. The molecule has 2 atom stereocenters. The lowest BCUT2D eigenvalue weighted by atomic mass is 9.78. The van der Waals surface area contributed by atoms with E-state index < -0.39 is 12.0 Å². The van der Waals surface area contributed by atoms with Gasteiger partial charge in [-0.1, -0.05) is 13.0 Å². The molecule has 8 nitrogen and oxygen atoms in total. The van der Waals surface area contributed by atoms with Gasteiger partial charge in [-0.2, -0.15) is 0 Å². The molecule has 0 bridgehead atoms.